The molecule has 0 saturated heterocycles. The van der Waals surface area contributed by atoms with Crippen molar-refractivity contribution < 1.29 is 9.13 Å². The maximum atomic E-state index is 13.0. The number of halogens is 2. The van der Waals surface area contributed by atoms with Crippen LogP contribution in [-0.4, -0.2) is 16.2 Å². The number of aromatic nitrogens is 2. The van der Waals surface area contributed by atoms with Gasteiger partial charge in [0, 0.05) is 18.5 Å². The van der Waals surface area contributed by atoms with Crippen molar-refractivity contribution in [2.75, 3.05) is 6.61 Å². The molecule has 0 aliphatic heterocycles. The lowest BCUT2D eigenvalue weighted by Crippen LogP contribution is -2.09. The second kappa shape index (κ2) is 5.31. The van der Waals surface area contributed by atoms with Crippen molar-refractivity contribution in [1.29, 1.82) is 0 Å². The predicted octanol–water partition coefficient (Wildman–Crippen LogP) is 3.17. The van der Waals surface area contributed by atoms with Crippen LogP contribution in [0.4, 0.5) is 4.39 Å². The van der Waals surface area contributed by atoms with Crippen molar-refractivity contribution in [2.24, 2.45) is 0 Å². The van der Waals surface area contributed by atoms with Crippen LogP contribution in [0.2, 0.25) is 0 Å². The van der Waals surface area contributed by atoms with Gasteiger partial charge in [0.05, 0.1) is 11.0 Å². The summed E-state index contributed by atoms with van der Waals surface area (Å²) in [6.07, 6.45) is 3.63. The zero-order valence-electron chi connectivity index (χ0n) is 9.36. The zero-order valence-corrected chi connectivity index (χ0v) is 10.9. The van der Waals surface area contributed by atoms with E-state index in [2.05, 4.69) is 20.9 Å². The number of nitrogens with zero attached hydrogens (tertiary/aromatic N) is 2. The SMILES string of the molecule is Cc1nccn1CCOc1cc(F)ccc1Br. The Morgan fingerprint density at radius 1 is 1.47 bits per heavy atom. The lowest BCUT2D eigenvalue weighted by atomic mass is 10.3. The summed E-state index contributed by atoms with van der Waals surface area (Å²) in [5, 5.41) is 0. The molecule has 0 unspecified atom stereocenters. The molecular weight excluding hydrogens is 287 g/mol. The van der Waals surface area contributed by atoms with Crippen LogP contribution in [0, 0.1) is 12.7 Å². The van der Waals surface area contributed by atoms with E-state index in [1.54, 1.807) is 12.3 Å². The number of hydrogen-bond donors (Lipinski definition) is 0. The molecule has 0 saturated carbocycles. The van der Waals surface area contributed by atoms with Gasteiger partial charge in [-0.25, -0.2) is 9.37 Å². The molecule has 2 aromatic rings. The Kier molecular flexibility index (Phi) is 3.78. The summed E-state index contributed by atoms with van der Waals surface area (Å²) in [4.78, 5) is 4.11. The fourth-order valence-electron chi connectivity index (χ4n) is 1.48. The smallest absolute Gasteiger partial charge is 0.136 e. The molecule has 5 heteroatoms. The standard InChI is InChI=1S/C12H12BrFN2O/c1-9-15-4-5-16(9)6-7-17-12-8-10(14)2-3-11(12)13/h2-5,8H,6-7H2,1H3. The molecule has 0 atom stereocenters. The van der Waals surface area contributed by atoms with Gasteiger partial charge < -0.3 is 9.30 Å². The van der Waals surface area contributed by atoms with Crippen molar-refractivity contribution in [1.82, 2.24) is 9.55 Å². The Morgan fingerprint density at radius 2 is 2.29 bits per heavy atom. The van der Waals surface area contributed by atoms with Gasteiger partial charge in [0.2, 0.25) is 0 Å². The van der Waals surface area contributed by atoms with E-state index in [-0.39, 0.29) is 5.82 Å². The summed E-state index contributed by atoms with van der Waals surface area (Å²) in [7, 11) is 0. The third kappa shape index (κ3) is 3.06. The highest BCUT2D eigenvalue weighted by atomic mass is 79.9. The maximum Gasteiger partial charge on any atom is 0.136 e. The predicted molar refractivity (Wildman–Crippen MR) is 66.6 cm³/mol. The first-order valence-electron chi connectivity index (χ1n) is 5.22. The van der Waals surface area contributed by atoms with E-state index in [4.69, 9.17) is 4.74 Å². The summed E-state index contributed by atoms with van der Waals surface area (Å²) in [6.45, 7) is 3.09. The number of benzene rings is 1. The van der Waals surface area contributed by atoms with Gasteiger partial charge in [-0.2, -0.15) is 0 Å². The van der Waals surface area contributed by atoms with Gasteiger partial charge in [0.1, 0.15) is 24.0 Å². The van der Waals surface area contributed by atoms with E-state index in [0.717, 1.165) is 10.3 Å². The first-order valence-corrected chi connectivity index (χ1v) is 6.01. The molecule has 0 radical (unpaired) electrons. The highest BCUT2D eigenvalue weighted by molar-refractivity contribution is 9.10. The molecule has 0 aliphatic carbocycles. The van der Waals surface area contributed by atoms with Gasteiger partial charge in [0.25, 0.3) is 0 Å². The first kappa shape index (κ1) is 12.1. The van der Waals surface area contributed by atoms with Gasteiger partial charge in [-0.1, -0.05) is 0 Å². The largest absolute Gasteiger partial charge is 0.490 e. The molecule has 0 fully saturated rings. The van der Waals surface area contributed by atoms with Gasteiger partial charge in [-0.15, -0.1) is 0 Å². The van der Waals surface area contributed by atoms with Crippen molar-refractivity contribution in [3.8, 4) is 5.75 Å². The lowest BCUT2D eigenvalue weighted by molar-refractivity contribution is 0.294. The van der Waals surface area contributed by atoms with Gasteiger partial charge in [0.15, 0.2) is 0 Å². The van der Waals surface area contributed by atoms with E-state index >= 15 is 0 Å². The summed E-state index contributed by atoms with van der Waals surface area (Å²) < 4.78 is 21.2. The molecule has 0 N–H and O–H groups in total. The summed E-state index contributed by atoms with van der Waals surface area (Å²) >= 11 is 3.31. The van der Waals surface area contributed by atoms with E-state index in [9.17, 15) is 4.39 Å². The summed E-state index contributed by atoms with van der Waals surface area (Å²) in [5.41, 5.74) is 0. The molecule has 0 amide bonds. The molecule has 1 aromatic carbocycles. The molecule has 0 bridgehead atoms. The van der Waals surface area contributed by atoms with Crippen LogP contribution in [0.15, 0.2) is 35.1 Å². The quantitative estimate of drug-likeness (QED) is 0.867. The van der Waals surface area contributed by atoms with Crippen LogP contribution in [0.25, 0.3) is 0 Å². The minimum Gasteiger partial charge on any atom is -0.490 e. The van der Waals surface area contributed by atoms with Crippen molar-refractivity contribution in [3.63, 3.8) is 0 Å². The lowest BCUT2D eigenvalue weighted by Gasteiger charge is -2.09. The fraction of sp³-hybridized carbons (Fsp3) is 0.250. The van der Waals surface area contributed by atoms with Crippen LogP contribution in [0.1, 0.15) is 5.82 Å². The van der Waals surface area contributed by atoms with Crippen LogP contribution in [-0.2, 0) is 6.54 Å². The van der Waals surface area contributed by atoms with Crippen LogP contribution in [0.5, 0.6) is 5.75 Å². The Morgan fingerprint density at radius 3 is 3.00 bits per heavy atom. The van der Waals surface area contributed by atoms with Crippen LogP contribution < -0.4 is 4.74 Å². The molecule has 2 rings (SSSR count). The normalized spacial score (nSPS) is 10.5. The Balaban J connectivity index is 1.94. The van der Waals surface area contributed by atoms with Crippen molar-refractivity contribution in [2.45, 2.75) is 13.5 Å². The van der Waals surface area contributed by atoms with Crippen molar-refractivity contribution in [3.05, 3.63) is 46.7 Å². The maximum absolute atomic E-state index is 13.0. The topological polar surface area (TPSA) is 27.1 Å². The van der Waals surface area contributed by atoms with Crippen LogP contribution >= 0.6 is 15.9 Å². The van der Waals surface area contributed by atoms with E-state index in [0.29, 0.717) is 18.9 Å². The van der Waals surface area contributed by atoms with Gasteiger partial charge in [-0.3, -0.25) is 0 Å². The second-order valence-electron chi connectivity index (χ2n) is 3.59. The number of ether oxygens (including phenoxy) is 1. The third-order valence-electron chi connectivity index (χ3n) is 2.41. The minimum atomic E-state index is -0.304. The molecule has 0 aliphatic rings. The number of rotatable bonds is 4. The number of hydrogen-bond acceptors (Lipinski definition) is 2. The average molecular weight is 299 g/mol. The number of imidazole rings is 1. The van der Waals surface area contributed by atoms with E-state index in [1.807, 2.05) is 17.7 Å². The Hall–Kier alpha value is -1.36. The highest BCUT2D eigenvalue weighted by Gasteiger charge is 2.03. The molecule has 3 nitrogen and oxygen atoms in total. The summed E-state index contributed by atoms with van der Waals surface area (Å²) in [6, 6.07) is 4.38. The molecule has 90 valence electrons. The molecule has 1 aromatic heterocycles. The Bertz CT molecular complexity index is 513. The fourth-order valence-corrected chi connectivity index (χ4v) is 1.84. The van der Waals surface area contributed by atoms with Gasteiger partial charge in [-0.05, 0) is 35.0 Å². The van der Waals surface area contributed by atoms with Crippen molar-refractivity contribution >= 4 is 15.9 Å². The zero-order chi connectivity index (χ0) is 12.3. The van der Waals surface area contributed by atoms with Crippen LogP contribution in [0.3, 0.4) is 0 Å². The summed E-state index contributed by atoms with van der Waals surface area (Å²) in [5.74, 6) is 1.15. The minimum absolute atomic E-state index is 0.304. The molecule has 1 heterocycles. The molecular formula is C12H12BrFN2O. The molecule has 0 spiro atoms. The van der Waals surface area contributed by atoms with Gasteiger partial charge >= 0.3 is 0 Å². The molecule has 17 heavy (non-hydrogen) atoms. The third-order valence-corrected chi connectivity index (χ3v) is 3.06. The first-order chi connectivity index (χ1) is 8.16. The van der Waals surface area contributed by atoms with E-state index < -0.39 is 0 Å². The Labute approximate surface area is 107 Å². The average Bonchev–Trinajstić information content (AvgIpc) is 2.70. The highest BCUT2D eigenvalue weighted by Crippen LogP contribution is 2.25. The second-order valence-corrected chi connectivity index (χ2v) is 4.45. The van der Waals surface area contributed by atoms with E-state index in [1.165, 1.54) is 12.1 Å². The monoisotopic (exact) mass is 298 g/mol. The number of aryl methyl sites for hydroxylation is 1.